The Bertz CT molecular complexity index is 551. The average Bonchev–Trinajstić information content (AvgIpc) is 2.96. The van der Waals surface area contributed by atoms with Crippen LogP contribution < -0.4 is 10.2 Å². The Kier molecular flexibility index (Phi) is 3.22. The first-order chi connectivity index (χ1) is 9.31. The van der Waals surface area contributed by atoms with Gasteiger partial charge < -0.3 is 10.2 Å². The van der Waals surface area contributed by atoms with Gasteiger partial charge in [0.05, 0.1) is 6.20 Å². The highest BCUT2D eigenvalue weighted by atomic mass is 19.1. The molecule has 3 rings (SSSR count). The van der Waals surface area contributed by atoms with E-state index in [-0.39, 0.29) is 5.82 Å². The van der Waals surface area contributed by atoms with Crippen molar-refractivity contribution in [3.63, 3.8) is 0 Å². The van der Waals surface area contributed by atoms with E-state index in [0.717, 1.165) is 18.8 Å². The summed E-state index contributed by atoms with van der Waals surface area (Å²) in [6, 6.07) is 6.12. The summed E-state index contributed by atoms with van der Waals surface area (Å²) in [4.78, 5) is 6.53. The number of rotatable bonds is 3. The van der Waals surface area contributed by atoms with Crippen LogP contribution in [0.15, 0.2) is 30.5 Å². The van der Waals surface area contributed by atoms with Gasteiger partial charge in [-0.25, -0.2) is 4.39 Å². The van der Waals surface area contributed by atoms with Gasteiger partial charge in [-0.1, -0.05) is 0 Å². The van der Waals surface area contributed by atoms with Crippen molar-refractivity contribution >= 4 is 17.5 Å². The third kappa shape index (κ3) is 2.78. The quantitative estimate of drug-likeness (QED) is 0.917. The Morgan fingerprint density at radius 2 is 1.84 bits per heavy atom. The number of nitrogens with zero attached hydrogens (tertiary/aromatic N) is 4. The topological polar surface area (TPSA) is 53.9 Å². The van der Waals surface area contributed by atoms with Crippen molar-refractivity contribution in [2.75, 3.05) is 23.3 Å². The molecule has 1 aliphatic rings. The van der Waals surface area contributed by atoms with E-state index in [9.17, 15) is 4.39 Å². The summed E-state index contributed by atoms with van der Waals surface area (Å²) in [5.74, 6) is 0.997. The van der Waals surface area contributed by atoms with Crippen LogP contribution in [0.1, 0.15) is 12.8 Å². The van der Waals surface area contributed by atoms with Gasteiger partial charge in [-0.15, -0.1) is 5.10 Å². The molecule has 1 fully saturated rings. The SMILES string of the molecule is Fc1ccc(Nc2cnnc(N3CCCC3)n2)cc1. The molecule has 0 amide bonds. The maximum absolute atomic E-state index is 12.8. The van der Waals surface area contributed by atoms with Crippen molar-refractivity contribution in [2.24, 2.45) is 0 Å². The van der Waals surface area contributed by atoms with Gasteiger partial charge in [-0.2, -0.15) is 10.1 Å². The van der Waals surface area contributed by atoms with E-state index in [4.69, 9.17) is 0 Å². The van der Waals surface area contributed by atoms with Crippen molar-refractivity contribution in [2.45, 2.75) is 12.8 Å². The van der Waals surface area contributed by atoms with Gasteiger partial charge >= 0.3 is 0 Å². The minimum atomic E-state index is -0.260. The molecule has 0 saturated carbocycles. The first kappa shape index (κ1) is 11.8. The van der Waals surface area contributed by atoms with Crippen LogP contribution in [0.2, 0.25) is 0 Å². The lowest BCUT2D eigenvalue weighted by molar-refractivity contribution is 0.628. The lowest BCUT2D eigenvalue weighted by Crippen LogP contribution is -2.21. The number of benzene rings is 1. The minimum Gasteiger partial charge on any atom is -0.339 e. The molecule has 1 aromatic carbocycles. The molecule has 1 saturated heterocycles. The molecule has 1 N–H and O–H groups in total. The van der Waals surface area contributed by atoms with Crippen LogP contribution in [0.3, 0.4) is 0 Å². The zero-order chi connectivity index (χ0) is 13.1. The molecule has 2 heterocycles. The molecule has 1 aliphatic heterocycles. The number of halogens is 1. The summed E-state index contributed by atoms with van der Waals surface area (Å²) in [7, 11) is 0. The zero-order valence-electron chi connectivity index (χ0n) is 10.4. The number of anilines is 3. The van der Waals surface area contributed by atoms with Gasteiger partial charge in [-0.3, -0.25) is 0 Å². The summed E-state index contributed by atoms with van der Waals surface area (Å²) < 4.78 is 12.8. The first-order valence-electron chi connectivity index (χ1n) is 6.28. The zero-order valence-corrected chi connectivity index (χ0v) is 10.4. The molecular weight excluding hydrogens is 245 g/mol. The van der Waals surface area contributed by atoms with Crippen LogP contribution >= 0.6 is 0 Å². The third-order valence-corrected chi connectivity index (χ3v) is 3.05. The van der Waals surface area contributed by atoms with Gasteiger partial charge in [0, 0.05) is 18.8 Å². The largest absolute Gasteiger partial charge is 0.339 e. The Morgan fingerprint density at radius 1 is 1.11 bits per heavy atom. The summed E-state index contributed by atoms with van der Waals surface area (Å²) in [5, 5.41) is 11.1. The number of hydrogen-bond acceptors (Lipinski definition) is 5. The Morgan fingerprint density at radius 3 is 2.58 bits per heavy atom. The fourth-order valence-corrected chi connectivity index (χ4v) is 2.09. The number of aromatic nitrogens is 3. The van der Waals surface area contributed by atoms with Crippen LogP contribution in [0, 0.1) is 5.82 Å². The molecule has 2 aromatic rings. The number of nitrogens with one attached hydrogen (secondary N) is 1. The van der Waals surface area contributed by atoms with E-state index in [2.05, 4.69) is 25.4 Å². The monoisotopic (exact) mass is 259 g/mol. The standard InChI is InChI=1S/C13H14FN5/c14-10-3-5-11(6-4-10)16-12-9-15-18-13(17-12)19-7-1-2-8-19/h3-6,9H,1-2,7-8H2,(H,16,17,18). The molecule has 5 nitrogen and oxygen atoms in total. The van der Waals surface area contributed by atoms with E-state index in [1.165, 1.54) is 25.0 Å². The van der Waals surface area contributed by atoms with Crippen molar-refractivity contribution in [3.05, 3.63) is 36.3 Å². The van der Waals surface area contributed by atoms with Crippen molar-refractivity contribution in [3.8, 4) is 0 Å². The fraction of sp³-hybridized carbons (Fsp3) is 0.308. The molecule has 0 radical (unpaired) electrons. The predicted molar refractivity (Wildman–Crippen MR) is 71.0 cm³/mol. The van der Waals surface area contributed by atoms with Crippen molar-refractivity contribution < 1.29 is 4.39 Å². The molecule has 0 bridgehead atoms. The van der Waals surface area contributed by atoms with Gasteiger partial charge in [0.2, 0.25) is 5.95 Å². The number of hydrogen-bond donors (Lipinski definition) is 1. The van der Waals surface area contributed by atoms with E-state index in [1.54, 1.807) is 18.3 Å². The lowest BCUT2D eigenvalue weighted by Gasteiger charge is -2.14. The van der Waals surface area contributed by atoms with Gasteiger partial charge in [0.1, 0.15) is 5.82 Å². The fourth-order valence-electron chi connectivity index (χ4n) is 2.09. The average molecular weight is 259 g/mol. The molecule has 98 valence electrons. The maximum atomic E-state index is 12.8. The molecule has 0 unspecified atom stereocenters. The van der Waals surface area contributed by atoms with E-state index in [0.29, 0.717) is 11.8 Å². The second-order valence-corrected chi connectivity index (χ2v) is 4.47. The highest BCUT2D eigenvalue weighted by molar-refractivity contribution is 5.56. The summed E-state index contributed by atoms with van der Waals surface area (Å²) in [6.07, 6.45) is 3.89. The summed E-state index contributed by atoms with van der Waals surface area (Å²) >= 11 is 0. The molecule has 0 atom stereocenters. The first-order valence-corrected chi connectivity index (χ1v) is 6.28. The second kappa shape index (κ2) is 5.17. The van der Waals surface area contributed by atoms with Crippen LogP contribution in [0.5, 0.6) is 0 Å². The summed E-state index contributed by atoms with van der Waals surface area (Å²) in [6.45, 7) is 1.95. The van der Waals surface area contributed by atoms with Crippen molar-refractivity contribution in [1.29, 1.82) is 0 Å². The molecule has 1 aromatic heterocycles. The van der Waals surface area contributed by atoms with Crippen LogP contribution in [0.4, 0.5) is 21.8 Å². The molecule has 0 spiro atoms. The van der Waals surface area contributed by atoms with E-state index in [1.807, 2.05) is 0 Å². The second-order valence-electron chi connectivity index (χ2n) is 4.47. The van der Waals surface area contributed by atoms with Crippen LogP contribution in [-0.4, -0.2) is 28.3 Å². The lowest BCUT2D eigenvalue weighted by atomic mass is 10.3. The molecule has 6 heteroatoms. The highest BCUT2D eigenvalue weighted by Gasteiger charge is 2.15. The summed E-state index contributed by atoms with van der Waals surface area (Å²) in [5.41, 5.74) is 0.772. The Balaban J connectivity index is 1.77. The van der Waals surface area contributed by atoms with Gasteiger partial charge in [-0.05, 0) is 37.1 Å². The van der Waals surface area contributed by atoms with Gasteiger partial charge in [0.15, 0.2) is 5.82 Å². The Hall–Kier alpha value is -2.24. The normalized spacial score (nSPS) is 14.7. The van der Waals surface area contributed by atoms with E-state index < -0.39 is 0 Å². The molecular formula is C13H14FN5. The van der Waals surface area contributed by atoms with Gasteiger partial charge in [0.25, 0.3) is 0 Å². The Labute approximate surface area is 110 Å². The van der Waals surface area contributed by atoms with Crippen molar-refractivity contribution in [1.82, 2.24) is 15.2 Å². The van der Waals surface area contributed by atoms with E-state index >= 15 is 0 Å². The molecule has 19 heavy (non-hydrogen) atoms. The minimum absolute atomic E-state index is 0.260. The van der Waals surface area contributed by atoms with Crippen LogP contribution in [0.25, 0.3) is 0 Å². The third-order valence-electron chi connectivity index (χ3n) is 3.05. The highest BCUT2D eigenvalue weighted by Crippen LogP contribution is 2.18. The molecule has 0 aliphatic carbocycles. The van der Waals surface area contributed by atoms with Crippen LogP contribution in [-0.2, 0) is 0 Å². The predicted octanol–water partition coefficient (Wildman–Crippen LogP) is 2.35. The smallest absolute Gasteiger partial charge is 0.247 e. The maximum Gasteiger partial charge on any atom is 0.247 e.